The third-order valence-corrected chi connectivity index (χ3v) is 4.54. The van der Waals surface area contributed by atoms with Crippen molar-refractivity contribution in [3.8, 4) is 11.5 Å². The van der Waals surface area contributed by atoms with Gasteiger partial charge in [-0.05, 0) is 55.2 Å². The van der Waals surface area contributed by atoms with Crippen molar-refractivity contribution in [1.82, 2.24) is 9.97 Å². The van der Waals surface area contributed by atoms with Crippen LogP contribution in [-0.2, 0) is 12.8 Å². The van der Waals surface area contributed by atoms with Crippen LogP contribution in [0.5, 0.6) is 11.5 Å². The van der Waals surface area contributed by atoms with E-state index in [0.717, 1.165) is 48.9 Å². The van der Waals surface area contributed by atoms with Gasteiger partial charge in [-0.2, -0.15) is 4.98 Å². The van der Waals surface area contributed by atoms with Gasteiger partial charge in [0.15, 0.2) is 0 Å². The van der Waals surface area contributed by atoms with Crippen molar-refractivity contribution in [3.63, 3.8) is 0 Å². The molecule has 0 radical (unpaired) electrons. The first-order chi connectivity index (χ1) is 14.2. The normalized spacial score (nSPS) is 10.4. The molecule has 29 heavy (non-hydrogen) atoms. The molecule has 0 bridgehead atoms. The average Bonchev–Trinajstić information content (AvgIpc) is 2.74. The van der Waals surface area contributed by atoms with Crippen LogP contribution < -0.4 is 20.1 Å². The van der Waals surface area contributed by atoms with Crippen LogP contribution in [-0.4, -0.2) is 37.3 Å². The Morgan fingerprint density at radius 2 is 1.34 bits per heavy atom. The molecule has 0 aliphatic heterocycles. The molecule has 0 fully saturated rings. The highest BCUT2D eigenvalue weighted by Gasteiger charge is 2.03. The summed E-state index contributed by atoms with van der Waals surface area (Å²) in [6.45, 7) is 3.51. The maximum atomic E-state index is 5.28. The van der Waals surface area contributed by atoms with E-state index in [1.807, 2.05) is 43.3 Å². The Hall–Kier alpha value is -3.28. The van der Waals surface area contributed by atoms with Gasteiger partial charge in [-0.25, -0.2) is 4.98 Å². The standard InChI is InChI=1S/C23H28N4O2/c1-17-14-22(24-12-10-18-6-4-8-20(15-18)28-2)27-23(26-17)25-13-11-19-7-5-9-21(16-19)29-3/h4-9,14-16H,10-13H2,1-3H3,(H2,24,25,26,27). The maximum Gasteiger partial charge on any atom is 0.224 e. The topological polar surface area (TPSA) is 68.3 Å². The zero-order chi connectivity index (χ0) is 20.5. The number of hydrogen-bond acceptors (Lipinski definition) is 6. The maximum absolute atomic E-state index is 5.28. The number of aromatic nitrogens is 2. The first kappa shape index (κ1) is 20.5. The lowest BCUT2D eigenvalue weighted by molar-refractivity contribution is 0.414. The third-order valence-electron chi connectivity index (χ3n) is 4.54. The molecule has 0 aliphatic carbocycles. The van der Waals surface area contributed by atoms with E-state index >= 15 is 0 Å². The molecule has 0 atom stereocenters. The molecule has 3 aromatic rings. The van der Waals surface area contributed by atoms with Crippen LogP contribution >= 0.6 is 0 Å². The molecule has 0 amide bonds. The number of hydrogen-bond donors (Lipinski definition) is 2. The van der Waals surface area contributed by atoms with Gasteiger partial charge in [0.1, 0.15) is 17.3 Å². The minimum Gasteiger partial charge on any atom is -0.497 e. The van der Waals surface area contributed by atoms with E-state index in [2.05, 4.69) is 38.8 Å². The highest BCUT2D eigenvalue weighted by Crippen LogP contribution is 2.15. The molecule has 152 valence electrons. The van der Waals surface area contributed by atoms with E-state index in [4.69, 9.17) is 9.47 Å². The Morgan fingerprint density at radius 3 is 1.93 bits per heavy atom. The van der Waals surface area contributed by atoms with E-state index in [-0.39, 0.29) is 0 Å². The van der Waals surface area contributed by atoms with E-state index in [1.54, 1.807) is 14.2 Å². The lowest BCUT2D eigenvalue weighted by Gasteiger charge is -2.11. The van der Waals surface area contributed by atoms with E-state index in [1.165, 1.54) is 11.1 Å². The van der Waals surface area contributed by atoms with Crippen molar-refractivity contribution in [2.75, 3.05) is 37.9 Å². The largest absolute Gasteiger partial charge is 0.497 e. The third kappa shape index (κ3) is 6.38. The van der Waals surface area contributed by atoms with Crippen LogP contribution in [0, 0.1) is 6.92 Å². The number of aryl methyl sites for hydroxylation is 1. The van der Waals surface area contributed by atoms with Crippen LogP contribution in [0.1, 0.15) is 16.8 Å². The number of ether oxygens (including phenoxy) is 2. The van der Waals surface area contributed by atoms with Gasteiger partial charge in [0.05, 0.1) is 14.2 Å². The first-order valence-corrected chi connectivity index (χ1v) is 9.75. The van der Waals surface area contributed by atoms with E-state index < -0.39 is 0 Å². The fraction of sp³-hybridized carbons (Fsp3) is 0.304. The second-order valence-electron chi connectivity index (χ2n) is 6.77. The van der Waals surface area contributed by atoms with Gasteiger partial charge >= 0.3 is 0 Å². The minimum atomic E-state index is 0.636. The smallest absolute Gasteiger partial charge is 0.224 e. The van der Waals surface area contributed by atoms with Crippen LogP contribution in [0.3, 0.4) is 0 Å². The lowest BCUT2D eigenvalue weighted by Crippen LogP contribution is -2.12. The molecule has 1 aromatic heterocycles. The Labute approximate surface area is 172 Å². The highest BCUT2D eigenvalue weighted by atomic mass is 16.5. The van der Waals surface area contributed by atoms with Crippen LogP contribution in [0.4, 0.5) is 11.8 Å². The Kier molecular flexibility index (Phi) is 7.28. The van der Waals surface area contributed by atoms with E-state index in [0.29, 0.717) is 5.95 Å². The van der Waals surface area contributed by atoms with Crippen molar-refractivity contribution < 1.29 is 9.47 Å². The van der Waals surface area contributed by atoms with Crippen molar-refractivity contribution >= 4 is 11.8 Å². The molecule has 2 aromatic carbocycles. The van der Waals surface area contributed by atoms with Crippen molar-refractivity contribution in [1.29, 1.82) is 0 Å². The van der Waals surface area contributed by atoms with Gasteiger partial charge in [0, 0.05) is 24.8 Å². The highest BCUT2D eigenvalue weighted by molar-refractivity contribution is 5.42. The molecule has 0 saturated heterocycles. The fourth-order valence-electron chi connectivity index (χ4n) is 3.05. The monoisotopic (exact) mass is 392 g/mol. The summed E-state index contributed by atoms with van der Waals surface area (Å²) in [5, 5.41) is 6.70. The van der Waals surface area contributed by atoms with Crippen molar-refractivity contribution in [3.05, 3.63) is 71.4 Å². The Morgan fingerprint density at radius 1 is 0.759 bits per heavy atom. The van der Waals surface area contributed by atoms with Crippen LogP contribution in [0.2, 0.25) is 0 Å². The molecule has 0 aliphatic rings. The van der Waals surface area contributed by atoms with Gasteiger partial charge in [-0.3, -0.25) is 0 Å². The zero-order valence-electron chi connectivity index (χ0n) is 17.2. The van der Waals surface area contributed by atoms with Gasteiger partial charge < -0.3 is 20.1 Å². The zero-order valence-corrected chi connectivity index (χ0v) is 17.2. The van der Waals surface area contributed by atoms with Gasteiger partial charge in [-0.1, -0.05) is 24.3 Å². The van der Waals surface area contributed by atoms with E-state index in [9.17, 15) is 0 Å². The summed E-state index contributed by atoms with van der Waals surface area (Å²) in [7, 11) is 3.37. The fourth-order valence-corrected chi connectivity index (χ4v) is 3.05. The predicted molar refractivity (Wildman–Crippen MR) is 117 cm³/mol. The predicted octanol–water partition coefficient (Wildman–Crippen LogP) is 4.11. The second-order valence-corrected chi connectivity index (χ2v) is 6.77. The Balaban J connectivity index is 1.52. The molecule has 2 N–H and O–H groups in total. The average molecular weight is 393 g/mol. The molecular weight excluding hydrogens is 364 g/mol. The van der Waals surface area contributed by atoms with Crippen molar-refractivity contribution in [2.24, 2.45) is 0 Å². The molecule has 6 heteroatoms. The summed E-state index contributed by atoms with van der Waals surface area (Å²) in [5.74, 6) is 3.21. The molecule has 3 rings (SSSR count). The van der Waals surface area contributed by atoms with Crippen LogP contribution in [0.15, 0.2) is 54.6 Å². The quantitative estimate of drug-likeness (QED) is 0.541. The van der Waals surface area contributed by atoms with Crippen LogP contribution in [0.25, 0.3) is 0 Å². The molecule has 1 heterocycles. The lowest BCUT2D eigenvalue weighted by atomic mass is 10.1. The summed E-state index contributed by atoms with van der Waals surface area (Å²) < 4.78 is 10.5. The minimum absolute atomic E-state index is 0.636. The summed E-state index contributed by atoms with van der Waals surface area (Å²) in [5.41, 5.74) is 3.35. The number of benzene rings is 2. The summed E-state index contributed by atoms with van der Waals surface area (Å²) in [6, 6.07) is 18.2. The van der Waals surface area contributed by atoms with Gasteiger partial charge in [-0.15, -0.1) is 0 Å². The SMILES string of the molecule is COc1cccc(CCNc2cc(C)nc(NCCc3cccc(OC)c3)n2)c1. The van der Waals surface area contributed by atoms with Crippen molar-refractivity contribution in [2.45, 2.75) is 19.8 Å². The number of anilines is 2. The Bertz CT molecular complexity index is 859. The summed E-state index contributed by atoms with van der Waals surface area (Å²) in [6.07, 6.45) is 1.76. The molecule has 0 unspecified atom stereocenters. The number of nitrogens with one attached hydrogen (secondary N) is 2. The molecule has 6 nitrogen and oxygen atoms in total. The summed E-state index contributed by atoms with van der Waals surface area (Å²) in [4.78, 5) is 9.06. The van der Waals surface area contributed by atoms with Gasteiger partial charge in [0.25, 0.3) is 0 Å². The number of nitrogens with zero attached hydrogens (tertiary/aromatic N) is 2. The molecule has 0 spiro atoms. The first-order valence-electron chi connectivity index (χ1n) is 9.75. The molecule has 0 saturated carbocycles. The van der Waals surface area contributed by atoms with Gasteiger partial charge in [0.2, 0.25) is 5.95 Å². The number of rotatable bonds is 10. The molecular formula is C23H28N4O2. The number of methoxy groups -OCH3 is 2. The summed E-state index contributed by atoms with van der Waals surface area (Å²) >= 11 is 0. The second kappa shape index (κ2) is 10.3.